The Morgan fingerprint density at radius 2 is 1.89 bits per heavy atom. The molecular weight excluding hydrogens is 228 g/mol. The second-order valence-corrected chi connectivity index (χ2v) is 3.71. The Morgan fingerprint density at radius 1 is 1.06 bits per heavy atom. The summed E-state index contributed by atoms with van der Waals surface area (Å²) in [4.78, 5) is 0. The SMILES string of the molecule is N#CNc1nnc(-c2ccc3ccccc3c2)o1. The standard InChI is InChI=1S/C13H8N4O/c14-8-15-13-17-16-12(18-13)11-6-5-9-3-1-2-4-10(9)7-11/h1-7H,(H,15,17). The zero-order valence-electron chi connectivity index (χ0n) is 9.29. The van der Waals surface area contributed by atoms with Gasteiger partial charge < -0.3 is 4.42 Å². The third kappa shape index (κ3) is 1.76. The molecule has 1 heterocycles. The third-order valence-corrected chi connectivity index (χ3v) is 2.58. The normalized spacial score (nSPS) is 10.2. The zero-order chi connectivity index (χ0) is 12.4. The predicted octanol–water partition coefficient (Wildman–Crippen LogP) is 2.78. The molecule has 0 aliphatic heterocycles. The summed E-state index contributed by atoms with van der Waals surface area (Å²) in [6, 6.07) is 14.0. The molecule has 0 unspecified atom stereocenters. The van der Waals surface area contributed by atoms with Crippen LogP contribution < -0.4 is 5.32 Å². The number of hydrogen-bond donors (Lipinski definition) is 1. The minimum absolute atomic E-state index is 0.0978. The maximum Gasteiger partial charge on any atom is 0.329 e. The van der Waals surface area contributed by atoms with Crippen molar-refractivity contribution >= 4 is 16.8 Å². The predicted molar refractivity (Wildman–Crippen MR) is 66.5 cm³/mol. The topological polar surface area (TPSA) is 74.7 Å². The van der Waals surface area contributed by atoms with Crippen LogP contribution in [0.15, 0.2) is 46.9 Å². The number of rotatable bonds is 2. The summed E-state index contributed by atoms with van der Waals surface area (Å²) in [7, 11) is 0. The van der Waals surface area contributed by atoms with Crippen molar-refractivity contribution in [3.05, 3.63) is 42.5 Å². The van der Waals surface area contributed by atoms with Crippen LogP contribution in [0, 0.1) is 11.5 Å². The highest BCUT2D eigenvalue weighted by atomic mass is 16.4. The fourth-order valence-corrected chi connectivity index (χ4v) is 1.76. The number of benzene rings is 2. The van der Waals surface area contributed by atoms with Crippen molar-refractivity contribution in [1.82, 2.24) is 10.2 Å². The molecule has 0 bridgehead atoms. The van der Waals surface area contributed by atoms with Gasteiger partial charge in [-0.2, -0.15) is 5.26 Å². The lowest BCUT2D eigenvalue weighted by Crippen LogP contribution is -1.85. The van der Waals surface area contributed by atoms with Gasteiger partial charge in [0.25, 0.3) is 0 Å². The first-order chi connectivity index (χ1) is 8.86. The molecule has 1 N–H and O–H groups in total. The Bertz CT molecular complexity index is 742. The van der Waals surface area contributed by atoms with Gasteiger partial charge in [-0.1, -0.05) is 35.4 Å². The number of anilines is 1. The van der Waals surface area contributed by atoms with E-state index in [9.17, 15) is 0 Å². The molecule has 1 aromatic heterocycles. The highest BCUT2D eigenvalue weighted by Crippen LogP contribution is 2.24. The Hall–Kier alpha value is -2.87. The maximum absolute atomic E-state index is 8.45. The van der Waals surface area contributed by atoms with E-state index < -0.39 is 0 Å². The smallest absolute Gasteiger partial charge is 0.329 e. The van der Waals surface area contributed by atoms with Gasteiger partial charge in [-0.05, 0) is 22.9 Å². The van der Waals surface area contributed by atoms with Crippen LogP contribution >= 0.6 is 0 Å². The molecule has 0 spiro atoms. The molecule has 0 saturated heterocycles. The van der Waals surface area contributed by atoms with Gasteiger partial charge in [0.15, 0.2) is 6.19 Å². The fourth-order valence-electron chi connectivity index (χ4n) is 1.76. The molecule has 0 aliphatic carbocycles. The molecule has 18 heavy (non-hydrogen) atoms. The Balaban J connectivity index is 2.05. The summed E-state index contributed by atoms with van der Waals surface area (Å²) in [6.45, 7) is 0. The second-order valence-electron chi connectivity index (χ2n) is 3.71. The first-order valence-electron chi connectivity index (χ1n) is 5.34. The number of nitrogens with zero attached hydrogens (tertiary/aromatic N) is 3. The first kappa shape index (κ1) is 10.3. The number of aromatic nitrogens is 2. The summed E-state index contributed by atoms with van der Waals surface area (Å²) >= 11 is 0. The zero-order valence-corrected chi connectivity index (χ0v) is 9.29. The van der Waals surface area contributed by atoms with Crippen LogP contribution in [0.25, 0.3) is 22.2 Å². The molecule has 0 radical (unpaired) electrons. The number of fused-ring (bicyclic) bond motifs is 1. The van der Waals surface area contributed by atoms with Gasteiger partial charge in [0.2, 0.25) is 5.89 Å². The minimum Gasteiger partial charge on any atom is -0.403 e. The Morgan fingerprint density at radius 3 is 2.72 bits per heavy atom. The van der Waals surface area contributed by atoms with Gasteiger partial charge in [0.05, 0.1) is 0 Å². The largest absolute Gasteiger partial charge is 0.403 e. The van der Waals surface area contributed by atoms with Crippen molar-refractivity contribution in [2.75, 3.05) is 5.32 Å². The monoisotopic (exact) mass is 236 g/mol. The van der Waals surface area contributed by atoms with Gasteiger partial charge in [-0.25, -0.2) is 5.32 Å². The van der Waals surface area contributed by atoms with Crippen LogP contribution in [0.1, 0.15) is 0 Å². The van der Waals surface area contributed by atoms with Gasteiger partial charge in [0, 0.05) is 5.56 Å². The van der Waals surface area contributed by atoms with E-state index in [4.69, 9.17) is 9.68 Å². The molecule has 86 valence electrons. The average Bonchev–Trinajstić information content (AvgIpc) is 2.87. The lowest BCUT2D eigenvalue weighted by atomic mass is 10.1. The van der Waals surface area contributed by atoms with Crippen molar-refractivity contribution in [2.24, 2.45) is 0 Å². The van der Waals surface area contributed by atoms with Crippen molar-refractivity contribution in [1.29, 1.82) is 5.26 Å². The first-order valence-corrected chi connectivity index (χ1v) is 5.34. The van der Waals surface area contributed by atoms with Crippen LogP contribution in [-0.4, -0.2) is 10.2 Å². The van der Waals surface area contributed by atoms with E-state index in [1.165, 1.54) is 0 Å². The van der Waals surface area contributed by atoms with E-state index in [2.05, 4.69) is 15.5 Å². The molecular formula is C13H8N4O. The van der Waals surface area contributed by atoms with E-state index in [1.807, 2.05) is 42.5 Å². The second kappa shape index (κ2) is 4.18. The summed E-state index contributed by atoms with van der Waals surface area (Å²) in [6.07, 6.45) is 1.73. The van der Waals surface area contributed by atoms with Crippen LogP contribution in [0.4, 0.5) is 6.01 Å². The summed E-state index contributed by atoms with van der Waals surface area (Å²) in [5.41, 5.74) is 0.826. The Kier molecular flexibility index (Phi) is 2.39. The fraction of sp³-hybridized carbons (Fsp3) is 0. The number of hydrogen-bond acceptors (Lipinski definition) is 5. The molecule has 5 heteroatoms. The number of nitriles is 1. The highest BCUT2D eigenvalue weighted by Gasteiger charge is 2.08. The van der Waals surface area contributed by atoms with Gasteiger partial charge in [-0.15, -0.1) is 5.10 Å². The van der Waals surface area contributed by atoms with E-state index >= 15 is 0 Å². The summed E-state index contributed by atoms with van der Waals surface area (Å²) < 4.78 is 5.30. The lowest BCUT2D eigenvalue weighted by Gasteiger charge is -1.99. The minimum atomic E-state index is 0.0978. The molecule has 0 atom stereocenters. The molecule has 0 amide bonds. The molecule has 0 saturated carbocycles. The summed E-state index contributed by atoms with van der Waals surface area (Å²) in [5, 5.41) is 20.6. The highest BCUT2D eigenvalue weighted by molar-refractivity contribution is 5.86. The van der Waals surface area contributed by atoms with Crippen LogP contribution in [0.5, 0.6) is 0 Å². The van der Waals surface area contributed by atoms with Gasteiger partial charge in [-0.3, -0.25) is 0 Å². The van der Waals surface area contributed by atoms with Crippen LogP contribution in [0.3, 0.4) is 0 Å². The van der Waals surface area contributed by atoms with Crippen molar-refractivity contribution in [3.8, 4) is 17.6 Å². The average molecular weight is 236 g/mol. The molecule has 0 aliphatic rings. The van der Waals surface area contributed by atoms with Crippen molar-refractivity contribution in [3.63, 3.8) is 0 Å². The van der Waals surface area contributed by atoms with Crippen molar-refractivity contribution in [2.45, 2.75) is 0 Å². The van der Waals surface area contributed by atoms with Crippen LogP contribution in [-0.2, 0) is 0 Å². The van der Waals surface area contributed by atoms with E-state index in [1.54, 1.807) is 6.19 Å². The van der Waals surface area contributed by atoms with Gasteiger partial charge >= 0.3 is 6.01 Å². The van der Waals surface area contributed by atoms with Crippen molar-refractivity contribution < 1.29 is 4.42 Å². The lowest BCUT2D eigenvalue weighted by molar-refractivity contribution is 0.588. The molecule has 0 fully saturated rings. The molecule has 2 aromatic carbocycles. The molecule has 5 nitrogen and oxygen atoms in total. The Labute approximate surface area is 103 Å². The summed E-state index contributed by atoms with van der Waals surface area (Å²) in [5.74, 6) is 0.388. The van der Waals surface area contributed by atoms with Gasteiger partial charge in [0.1, 0.15) is 0 Å². The third-order valence-electron chi connectivity index (χ3n) is 2.58. The van der Waals surface area contributed by atoms with E-state index in [0.717, 1.165) is 16.3 Å². The van der Waals surface area contributed by atoms with E-state index in [0.29, 0.717) is 5.89 Å². The molecule has 3 aromatic rings. The quantitative estimate of drug-likeness (QED) is 0.547. The molecule has 3 rings (SSSR count). The maximum atomic E-state index is 8.45. The number of nitrogens with one attached hydrogen (secondary N) is 1. The van der Waals surface area contributed by atoms with Crippen LogP contribution in [0.2, 0.25) is 0 Å². The van der Waals surface area contributed by atoms with E-state index in [-0.39, 0.29) is 6.01 Å².